The average Bonchev–Trinajstić information content (AvgIpc) is 3.36. The predicted octanol–water partition coefficient (Wildman–Crippen LogP) is 9.69. The van der Waals surface area contributed by atoms with Gasteiger partial charge in [-0.15, -0.1) is 0 Å². The number of aryl methyl sites for hydroxylation is 1. The first-order valence-corrected chi connectivity index (χ1v) is 15.9. The van der Waals surface area contributed by atoms with Gasteiger partial charge in [0.25, 0.3) is 0 Å². The Bertz CT molecular complexity index is 1370. The van der Waals surface area contributed by atoms with Gasteiger partial charge >= 0.3 is 0 Å². The van der Waals surface area contributed by atoms with E-state index < -0.39 is 0 Å². The average molecular weight is 568 g/mol. The number of carbonyl (C=O) groups is 1. The molecule has 3 aliphatic carbocycles. The molecule has 0 saturated heterocycles. The van der Waals surface area contributed by atoms with Gasteiger partial charge in [-0.1, -0.05) is 61.3 Å². The number of Topliss-reactive ketones (excluding diaryl/α,β-unsaturated/α-hetero) is 1. The Morgan fingerprint density at radius 2 is 1.90 bits per heavy atom. The van der Waals surface area contributed by atoms with Crippen molar-refractivity contribution < 1.29 is 13.9 Å². The number of ether oxygens (including phenoxy) is 1. The third-order valence-corrected chi connectivity index (χ3v) is 9.35. The second kappa shape index (κ2) is 14.2. The minimum Gasteiger partial charge on any atom is -0.497 e. The van der Waals surface area contributed by atoms with Crippen LogP contribution in [0.1, 0.15) is 88.2 Å². The fourth-order valence-electron chi connectivity index (χ4n) is 6.96. The second-order valence-corrected chi connectivity index (χ2v) is 12.5. The highest BCUT2D eigenvalue weighted by Gasteiger charge is 2.28. The fraction of sp³-hybridized carbons (Fsp3) is 0.447. The van der Waals surface area contributed by atoms with Crippen LogP contribution in [0.3, 0.4) is 0 Å². The van der Waals surface area contributed by atoms with Crippen LogP contribution in [-0.2, 0) is 9.53 Å². The number of halogens is 1. The van der Waals surface area contributed by atoms with Crippen LogP contribution in [0, 0.1) is 24.6 Å². The van der Waals surface area contributed by atoms with E-state index in [0.717, 1.165) is 67.5 Å². The van der Waals surface area contributed by atoms with Crippen molar-refractivity contribution in [3.63, 3.8) is 0 Å². The van der Waals surface area contributed by atoms with Gasteiger partial charge in [0.1, 0.15) is 11.6 Å². The van der Waals surface area contributed by atoms with Gasteiger partial charge in [0.15, 0.2) is 5.78 Å². The summed E-state index contributed by atoms with van der Waals surface area (Å²) in [5.74, 6) is 2.04. The minimum atomic E-state index is -0.187. The lowest BCUT2D eigenvalue weighted by atomic mass is 9.83. The number of ketones is 1. The molecule has 0 aromatic heterocycles. The normalized spacial score (nSPS) is 21.9. The molecular formula is C38H46FNO2. The van der Waals surface area contributed by atoms with Crippen LogP contribution < -0.4 is 0 Å². The molecule has 1 fully saturated rings. The first-order valence-electron chi connectivity index (χ1n) is 15.9. The first-order chi connectivity index (χ1) is 20.4. The van der Waals surface area contributed by atoms with E-state index in [1.807, 2.05) is 18.2 Å². The fourth-order valence-corrected chi connectivity index (χ4v) is 6.96. The topological polar surface area (TPSA) is 29.5 Å². The zero-order valence-electron chi connectivity index (χ0n) is 25.5. The monoisotopic (exact) mass is 567 g/mol. The summed E-state index contributed by atoms with van der Waals surface area (Å²) >= 11 is 0. The Morgan fingerprint density at radius 3 is 2.69 bits per heavy atom. The van der Waals surface area contributed by atoms with Crippen LogP contribution in [0.2, 0.25) is 0 Å². The van der Waals surface area contributed by atoms with Crippen LogP contribution in [0.4, 0.5) is 4.39 Å². The van der Waals surface area contributed by atoms with Crippen LogP contribution in [-0.4, -0.2) is 24.3 Å². The Balaban J connectivity index is 1.23. The zero-order chi connectivity index (χ0) is 29.5. The molecule has 1 saturated carbocycles. The number of carbonyl (C=O) groups excluding carboxylic acids is 1. The van der Waals surface area contributed by atoms with Gasteiger partial charge < -0.3 is 9.64 Å². The molecule has 1 aromatic carbocycles. The van der Waals surface area contributed by atoms with E-state index in [9.17, 15) is 9.18 Å². The third kappa shape index (κ3) is 7.70. The summed E-state index contributed by atoms with van der Waals surface area (Å²) in [6.07, 6.45) is 28.0. The molecule has 0 N–H and O–H groups in total. The van der Waals surface area contributed by atoms with Gasteiger partial charge in [0, 0.05) is 17.8 Å². The Kier molecular flexibility index (Phi) is 10.2. The standard InChI is InChI=1S/C38H46FNO2/c1-27-20-33(18-19-37(27)39)34-21-28(2)40(38(25-34)32-13-5-4-6-14-32)26-35(41)23-30-12-9-11-29(16-17-30)22-31-10-7-8-15-36(24-31)42-3/h7-8,12,15,18-21,24-25,29,32H,2,4-6,9-11,13-14,16-17,22-23,26H2,1,3H3. The highest BCUT2D eigenvalue weighted by atomic mass is 19.1. The van der Waals surface area contributed by atoms with E-state index in [0.29, 0.717) is 30.4 Å². The van der Waals surface area contributed by atoms with Gasteiger partial charge in [-0.3, -0.25) is 4.79 Å². The second-order valence-electron chi connectivity index (χ2n) is 12.5. The minimum absolute atomic E-state index is 0.187. The molecule has 5 rings (SSSR count). The number of hydrogen-bond donors (Lipinski definition) is 0. The van der Waals surface area contributed by atoms with Crippen LogP contribution >= 0.6 is 0 Å². The van der Waals surface area contributed by atoms with E-state index in [4.69, 9.17) is 4.74 Å². The molecule has 1 heterocycles. The summed E-state index contributed by atoms with van der Waals surface area (Å²) in [6, 6.07) is 5.30. The maximum Gasteiger partial charge on any atom is 0.156 e. The van der Waals surface area contributed by atoms with Crippen molar-refractivity contribution in [1.29, 1.82) is 0 Å². The molecule has 4 aliphatic rings. The van der Waals surface area contributed by atoms with Crippen molar-refractivity contribution in [2.75, 3.05) is 13.7 Å². The van der Waals surface area contributed by atoms with Crippen molar-refractivity contribution in [1.82, 2.24) is 4.90 Å². The molecule has 222 valence electrons. The third-order valence-electron chi connectivity index (χ3n) is 9.35. The summed E-state index contributed by atoms with van der Waals surface area (Å²) in [7, 11) is 1.73. The summed E-state index contributed by atoms with van der Waals surface area (Å²) in [6.45, 7) is 6.56. The zero-order valence-corrected chi connectivity index (χ0v) is 25.5. The number of nitrogens with zero attached hydrogens (tertiary/aromatic N) is 1. The summed E-state index contributed by atoms with van der Waals surface area (Å²) in [4.78, 5) is 15.7. The molecule has 1 unspecified atom stereocenters. The maximum atomic E-state index is 14.0. The number of rotatable bonds is 9. The van der Waals surface area contributed by atoms with Crippen molar-refractivity contribution in [3.8, 4) is 0 Å². The summed E-state index contributed by atoms with van der Waals surface area (Å²) in [5.41, 5.74) is 7.47. The highest BCUT2D eigenvalue weighted by Crippen LogP contribution is 2.39. The smallest absolute Gasteiger partial charge is 0.156 e. The lowest BCUT2D eigenvalue weighted by Crippen LogP contribution is -2.33. The summed E-state index contributed by atoms with van der Waals surface area (Å²) < 4.78 is 19.5. The van der Waals surface area contributed by atoms with Gasteiger partial charge in [-0.25, -0.2) is 4.39 Å². The van der Waals surface area contributed by atoms with Crippen LogP contribution in [0.5, 0.6) is 0 Å². The van der Waals surface area contributed by atoms with E-state index in [-0.39, 0.29) is 11.6 Å². The van der Waals surface area contributed by atoms with E-state index in [1.54, 1.807) is 20.1 Å². The molecule has 0 spiro atoms. The SMILES string of the molecule is C=C1C=C(c2ccc(F)c(C)c2)C=C(C2CCCCC2)N1CC(=O)CC1=CCCC(CC2=CC(OC)=CC=CC2)CC1. The number of benzene rings is 1. The van der Waals surface area contributed by atoms with Crippen LogP contribution in [0.25, 0.3) is 5.57 Å². The van der Waals surface area contributed by atoms with E-state index in [1.165, 1.54) is 42.5 Å². The molecule has 1 atom stereocenters. The van der Waals surface area contributed by atoms with Gasteiger partial charge in [-0.05, 0) is 123 Å². The lowest BCUT2D eigenvalue weighted by Gasteiger charge is -2.37. The molecular weight excluding hydrogens is 521 g/mol. The van der Waals surface area contributed by atoms with Crippen molar-refractivity contribution in [2.45, 2.75) is 84.0 Å². The lowest BCUT2D eigenvalue weighted by molar-refractivity contribution is -0.118. The van der Waals surface area contributed by atoms with Gasteiger partial charge in [0.05, 0.1) is 13.7 Å². The van der Waals surface area contributed by atoms with Crippen molar-refractivity contribution in [3.05, 3.63) is 113 Å². The highest BCUT2D eigenvalue weighted by molar-refractivity contribution is 5.85. The molecule has 4 heteroatoms. The molecule has 42 heavy (non-hydrogen) atoms. The van der Waals surface area contributed by atoms with Crippen molar-refractivity contribution >= 4 is 11.4 Å². The number of hydrogen-bond acceptors (Lipinski definition) is 3. The van der Waals surface area contributed by atoms with E-state index in [2.05, 4.69) is 47.9 Å². The van der Waals surface area contributed by atoms with E-state index >= 15 is 0 Å². The Labute approximate surface area is 251 Å². The largest absolute Gasteiger partial charge is 0.497 e. The molecule has 0 amide bonds. The molecule has 1 aromatic rings. The number of methoxy groups -OCH3 is 1. The molecule has 0 radical (unpaired) electrons. The van der Waals surface area contributed by atoms with Gasteiger partial charge in [-0.2, -0.15) is 0 Å². The van der Waals surface area contributed by atoms with Gasteiger partial charge in [0.2, 0.25) is 0 Å². The quantitative estimate of drug-likeness (QED) is 0.278. The predicted molar refractivity (Wildman–Crippen MR) is 171 cm³/mol. The van der Waals surface area contributed by atoms with Crippen LogP contribution in [0.15, 0.2) is 95.6 Å². The first kappa shape index (κ1) is 30.1. The molecule has 3 nitrogen and oxygen atoms in total. The Hall–Kier alpha value is -3.40. The molecule has 0 bridgehead atoms. The molecule has 1 aliphatic heterocycles. The maximum absolute atomic E-state index is 14.0. The summed E-state index contributed by atoms with van der Waals surface area (Å²) in [5, 5.41) is 0. The van der Waals surface area contributed by atoms with Crippen molar-refractivity contribution in [2.24, 2.45) is 11.8 Å². The number of allylic oxidation sites excluding steroid dienone is 11. The Morgan fingerprint density at radius 1 is 1.07 bits per heavy atom.